The molecule has 2 atom stereocenters. The molecule has 0 aliphatic heterocycles. The van der Waals surface area contributed by atoms with Crippen LogP contribution >= 0.6 is 0 Å². The number of benzene rings is 2. The number of aliphatic hydroxyl groups excluding tert-OH is 2. The maximum absolute atomic E-state index is 14.8. The fourth-order valence-corrected chi connectivity index (χ4v) is 2.77. The van der Waals surface area contributed by atoms with E-state index in [1.54, 1.807) is 0 Å². The predicted molar refractivity (Wildman–Crippen MR) is 106 cm³/mol. The van der Waals surface area contributed by atoms with E-state index in [4.69, 9.17) is 14.6 Å². The van der Waals surface area contributed by atoms with Crippen LogP contribution in [0.1, 0.15) is 11.1 Å². The first kappa shape index (κ1) is 24.9. The number of hydrogen-bond acceptors (Lipinski definition) is 7. The summed E-state index contributed by atoms with van der Waals surface area (Å²) >= 11 is 0. The first-order valence-electron chi connectivity index (χ1n) is 9.12. The molecule has 2 rings (SSSR count). The Hall–Kier alpha value is -2.34. The van der Waals surface area contributed by atoms with Crippen molar-refractivity contribution in [1.82, 2.24) is 0 Å². The van der Waals surface area contributed by atoms with Crippen LogP contribution in [0.4, 0.5) is 13.2 Å². The topological polar surface area (TPSA) is 102 Å². The van der Waals surface area contributed by atoms with E-state index in [0.29, 0.717) is 0 Å². The molecule has 0 heterocycles. The third-order valence-electron chi connectivity index (χ3n) is 3.97. The van der Waals surface area contributed by atoms with Gasteiger partial charge in [-0.05, 0) is 48.5 Å². The third kappa shape index (κ3) is 8.02. The molecule has 0 aliphatic rings. The molecule has 172 valence electrons. The van der Waals surface area contributed by atoms with Gasteiger partial charge in [0.05, 0.1) is 12.9 Å². The highest BCUT2D eigenvalue weighted by Gasteiger charge is 2.34. The van der Waals surface area contributed by atoms with E-state index >= 15 is 0 Å². The summed E-state index contributed by atoms with van der Waals surface area (Å²) in [6, 6.07) is 9.84. The highest BCUT2D eigenvalue weighted by Crippen LogP contribution is 2.37. The van der Waals surface area contributed by atoms with Gasteiger partial charge < -0.3 is 19.7 Å². The molecule has 0 radical (unpaired) electrons. The molecule has 0 aliphatic carbocycles. The molecule has 0 spiro atoms. The second-order valence-corrected chi connectivity index (χ2v) is 8.34. The number of halogens is 3. The van der Waals surface area contributed by atoms with E-state index in [9.17, 15) is 26.7 Å². The van der Waals surface area contributed by atoms with Crippen molar-refractivity contribution in [1.29, 1.82) is 0 Å². The quantitative estimate of drug-likeness (QED) is 0.465. The van der Waals surface area contributed by atoms with Gasteiger partial charge in [0.15, 0.2) is 0 Å². The highest BCUT2D eigenvalue weighted by molar-refractivity contribution is 7.85. The molecular weight excluding hydrogens is 441 g/mol. The summed E-state index contributed by atoms with van der Waals surface area (Å²) in [7, 11) is -3.69. The average molecular weight is 464 g/mol. The van der Waals surface area contributed by atoms with Gasteiger partial charge in [0.2, 0.25) is 0 Å². The lowest BCUT2D eigenvalue weighted by Gasteiger charge is -2.18. The average Bonchev–Trinajstić information content (AvgIpc) is 2.74. The Kier molecular flexibility index (Phi) is 8.69. The first-order valence-corrected chi connectivity index (χ1v) is 10.9. The summed E-state index contributed by atoms with van der Waals surface area (Å²) in [4.78, 5) is 0. The van der Waals surface area contributed by atoms with Crippen LogP contribution in [0.2, 0.25) is 0 Å². The van der Waals surface area contributed by atoms with Crippen LogP contribution in [0.3, 0.4) is 0 Å². The molecule has 0 saturated heterocycles. The predicted octanol–water partition coefficient (Wildman–Crippen LogP) is 2.25. The summed E-state index contributed by atoms with van der Waals surface area (Å²) < 4.78 is 78.3. The van der Waals surface area contributed by atoms with Gasteiger partial charge in [-0.3, -0.25) is 4.18 Å². The molecule has 11 heteroatoms. The van der Waals surface area contributed by atoms with E-state index in [1.807, 2.05) is 0 Å². The minimum Gasteiger partial charge on any atom is -0.491 e. The van der Waals surface area contributed by atoms with Crippen molar-refractivity contribution < 1.29 is 45.5 Å². The van der Waals surface area contributed by atoms with E-state index in [1.165, 1.54) is 36.4 Å². The maximum atomic E-state index is 14.8. The van der Waals surface area contributed by atoms with Crippen LogP contribution in [0.15, 0.2) is 48.5 Å². The Balaban J connectivity index is 1.96. The van der Waals surface area contributed by atoms with Crippen molar-refractivity contribution in [2.45, 2.75) is 18.1 Å². The summed E-state index contributed by atoms with van der Waals surface area (Å²) in [6.45, 7) is -2.03. The fraction of sp³-hybridized carbons (Fsp3) is 0.400. The second kappa shape index (κ2) is 10.8. The number of aliphatic hydroxyl groups is 2. The first-order chi connectivity index (χ1) is 14.5. The van der Waals surface area contributed by atoms with Gasteiger partial charge in [0.25, 0.3) is 16.0 Å². The lowest BCUT2D eigenvalue weighted by atomic mass is 10.0. The molecule has 7 nitrogen and oxygen atoms in total. The molecule has 2 N–H and O–H groups in total. The van der Waals surface area contributed by atoms with Crippen LogP contribution in [-0.4, -0.2) is 63.6 Å². The van der Waals surface area contributed by atoms with Crippen molar-refractivity contribution >= 4 is 10.1 Å². The molecule has 2 aromatic rings. The number of alkyl halides is 3. The Labute approximate surface area is 178 Å². The summed E-state index contributed by atoms with van der Waals surface area (Å²) in [6.07, 6.45) is -1.66. The lowest BCUT2D eigenvalue weighted by molar-refractivity contribution is 0.0424. The molecule has 0 fully saturated rings. The minimum absolute atomic E-state index is 0.202. The van der Waals surface area contributed by atoms with Gasteiger partial charge in [0, 0.05) is 11.1 Å². The zero-order valence-corrected chi connectivity index (χ0v) is 17.4. The monoisotopic (exact) mass is 464 g/mol. The van der Waals surface area contributed by atoms with Crippen LogP contribution in [0.5, 0.6) is 11.5 Å². The van der Waals surface area contributed by atoms with Crippen molar-refractivity contribution in [3.8, 4) is 11.5 Å². The van der Waals surface area contributed by atoms with Gasteiger partial charge in [-0.15, -0.1) is 0 Å². The van der Waals surface area contributed by atoms with E-state index in [-0.39, 0.29) is 35.8 Å². The molecule has 0 bridgehead atoms. The number of ether oxygens (including phenoxy) is 2. The third-order valence-corrected chi connectivity index (χ3v) is 4.54. The summed E-state index contributed by atoms with van der Waals surface area (Å²) in [5.74, 6) is -2.90. The standard InChI is InChI=1S/C20H23F3O7S/c1-31(26,27)30-13-17(25)12-29-19-8-4-15(5-9-19)20(22,23)14-2-6-18(7-3-14)28-11-16(24)10-21/h2-9,16-17,24-25H,10-13H2,1H3. The minimum atomic E-state index is -3.69. The summed E-state index contributed by atoms with van der Waals surface area (Å²) in [5, 5.41) is 18.8. The second-order valence-electron chi connectivity index (χ2n) is 6.70. The highest BCUT2D eigenvalue weighted by atomic mass is 32.2. The van der Waals surface area contributed by atoms with Crippen molar-refractivity contribution in [3.63, 3.8) is 0 Å². The van der Waals surface area contributed by atoms with E-state index < -0.39 is 41.5 Å². The Bertz CT molecular complexity index is 919. The SMILES string of the molecule is CS(=O)(=O)OCC(O)COc1ccc(C(F)(F)c2ccc(OCC(O)CF)cc2)cc1. The van der Waals surface area contributed by atoms with Gasteiger partial charge in [0.1, 0.15) is 43.6 Å². The largest absolute Gasteiger partial charge is 0.491 e. The van der Waals surface area contributed by atoms with E-state index in [2.05, 4.69) is 4.18 Å². The zero-order valence-electron chi connectivity index (χ0n) is 16.6. The fourth-order valence-electron chi connectivity index (χ4n) is 2.37. The number of rotatable bonds is 12. The Morgan fingerprint density at radius 2 is 1.26 bits per heavy atom. The van der Waals surface area contributed by atoms with Gasteiger partial charge in [-0.1, -0.05) is 0 Å². The Morgan fingerprint density at radius 1 is 0.839 bits per heavy atom. The van der Waals surface area contributed by atoms with Gasteiger partial charge in [-0.25, -0.2) is 4.39 Å². The molecule has 0 saturated carbocycles. The normalized spacial score (nSPS) is 14.1. The van der Waals surface area contributed by atoms with Crippen LogP contribution in [0, 0.1) is 0 Å². The Morgan fingerprint density at radius 3 is 1.65 bits per heavy atom. The number of hydrogen-bond donors (Lipinski definition) is 2. The molecule has 0 aromatic heterocycles. The van der Waals surface area contributed by atoms with Gasteiger partial charge >= 0.3 is 0 Å². The van der Waals surface area contributed by atoms with Crippen LogP contribution in [0.25, 0.3) is 0 Å². The lowest BCUT2D eigenvalue weighted by Crippen LogP contribution is -2.25. The molecule has 2 unspecified atom stereocenters. The molecular formula is C20H23F3O7S. The molecule has 2 aromatic carbocycles. The van der Waals surface area contributed by atoms with E-state index in [0.717, 1.165) is 18.4 Å². The van der Waals surface area contributed by atoms with Crippen molar-refractivity contribution in [2.24, 2.45) is 0 Å². The summed E-state index contributed by atoms with van der Waals surface area (Å²) in [5.41, 5.74) is -0.602. The van der Waals surface area contributed by atoms with Gasteiger partial charge in [-0.2, -0.15) is 17.2 Å². The van der Waals surface area contributed by atoms with Crippen molar-refractivity contribution in [3.05, 3.63) is 59.7 Å². The zero-order chi connectivity index (χ0) is 23.1. The molecule has 0 amide bonds. The van der Waals surface area contributed by atoms with Crippen molar-refractivity contribution in [2.75, 3.05) is 32.8 Å². The van der Waals surface area contributed by atoms with Crippen LogP contribution < -0.4 is 9.47 Å². The maximum Gasteiger partial charge on any atom is 0.298 e. The van der Waals surface area contributed by atoms with Crippen LogP contribution in [-0.2, 0) is 20.2 Å². The smallest absolute Gasteiger partial charge is 0.298 e. The molecule has 31 heavy (non-hydrogen) atoms.